The third-order valence-electron chi connectivity index (χ3n) is 3.94. The lowest BCUT2D eigenvalue weighted by Crippen LogP contribution is -2.64. The minimum absolute atomic E-state index is 1.65. The molecule has 2 aliphatic carbocycles. The second-order valence-electron chi connectivity index (χ2n) is 4.78. The number of hydrogen-bond acceptors (Lipinski definition) is 2. The number of carboxylic acid groups (broad SMARTS) is 2. The molecule has 12 heteroatoms. The molecule has 2 fully saturated rings. The summed E-state index contributed by atoms with van der Waals surface area (Å²) in [7, 11) is 0. The number of fused-ring (bicyclic) bond motifs is 2. The Kier molecular flexibility index (Phi) is 4.13. The Morgan fingerprint density at radius 1 is 0.619 bits per heavy atom. The summed E-state index contributed by atoms with van der Waals surface area (Å²) in [4.78, 5) is 18.1. The molecule has 2 saturated carbocycles. The Balaban J connectivity index is 2.92. The van der Waals surface area contributed by atoms with Gasteiger partial charge in [0.2, 0.25) is 0 Å². The van der Waals surface area contributed by atoms with Crippen molar-refractivity contribution in [1.82, 2.24) is 0 Å². The highest BCUT2D eigenvalue weighted by atomic mass is 35.5. The Labute approximate surface area is 158 Å². The molecule has 4 nitrogen and oxygen atoms in total. The normalized spacial score (nSPS) is 45.5. The van der Waals surface area contributed by atoms with Gasteiger partial charge in [0, 0.05) is 0 Å². The average molecular weight is 460 g/mol. The van der Waals surface area contributed by atoms with Gasteiger partial charge in [0.25, 0.3) is 0 Å². The van der Waals surface area contributed by atoms with Crippen LogP contribution >= 0.6 is 92.8 Å². The molecule has 2 rings (SSSR count). The lowest BCUT2D eigenvalue weighted by molar-refractivity contribution is -0.155. The second-order valence-corrected chi connectivity index (χ2v) is 9.95. The van der Waals surface area contributed by atoms with E-state index in [1.165, 1.54) is 0 Å². The Hall–Kier alpha value is 1.26. The Bertz CT molecular complexity index is 502. The predicted molar refractivity (Wildman–Crippen MR) is 82.7 cm³/mol. The van der Waals surface area contributed by atoms with Crippen LogP contribution in [0.3, 0.4) is 0 Å². The quantitative estimate of drug-likeness (QED) is 0.614. The lowest BCUT2D eigenvalue weighted by atomic mass is 9.77. The van der Waals surface area contributed by atoms with E-state index in [9.17, 15) is 19.8 Å². The largest absolute Gasteiger partial charge is 0.481 e. The van der Waals surface area contributed by atoms with Crippen molar-refractivity contribution in [2.24, 2.45) is 11.8 Å². The third kappa shape index (κ3) is 1.60. The van der Waals surface area contributed by atoms with E-state index in [2.05, 4.69) is 0 Å². The van der Waals surface area contributed by atoms with Gasteiger partial charge in [-0.25, -0.2) is 0 Å². The third-order valence-corrected chi connectivity index (χ3v) is 10.2. The number of carbonyl (C=O) groups is 2. The van der Waals surface area contributed by atoms with Crippen LogP contribution in [0.4, 0.5) is 0 Å². The fraction of sp³-hybridized carbons (Fsp3) is 0.778. The van der Waals surface area contributed by atoms with Gasteiger partial charge >= 0.3 is 11.9 Å². The van der Waals surface area contributed by atoms with Gasteiger partial charge < -0.3 is 10.2 Å². The van der Waals surface area contributed by atoms with Crippen molar-refractivity contribution in [1.29, 1.82) is 0 Å². The van der Waals surface area contributed by atoms with Gasteiger partial charge in [-0.2, -0.15) is 0 Å². The first-order valence-corrected chi connectivity index (χ1v) is 8.13. The van der Waals surface area contributed by atoms with Crippen LogP contribution in [0.15, 0.2) is 0 Å². The highest BCUT2D eigenvalue weighted by Crippen LogP contribution is 2.84. The minimum atomic E-state index is -2.45. The first-order chi connectivity index (χ1) is 9.14. The molecule has 0 heterocycles. The topological polar surface area (TPSA) is 74.6 Å². The van der Waals surface area contributed by atoms with Crippen molar-refractivity contribution in [3.63, 3.8) is 0 Å². The summed E-state index contributed by atoms with van der Waals surface area (Å²) in [5.74, 6) is -7.16. The molecule has 0 radical (unpaired) electrons. The summed E-state index contributed by atoms with van der Waals surface area (Å²) in [5, 5.41) is 18.7. The molecule has 2 N–H and O–H groups in total. The van der Waals surface area contributed by atoms with E-state index in [0.29, 0.717) is 0 Å². The molecule has 4 unspecified atom stereocenters. The molecular weight excluding hydrogens is 456 g/mol. The van der Waals surface area contributed by atoms with Crippen LogP contribution in [-0.4, -0.2) is 44.9 Å². The lowest BCUT2D eigenvalue weighted by Gasteiger charge is -2.47. The van der Waals surface area contributed by atoms with E-state index in [0.717, 1.165) is 0 Å². The molecule has 120 valence electrons. The molecule has 0 aromatic carbocycles. The molecule has 21 heavy (non-hydrogen) atoms. The number of rotatable bonds is 2. The molecule has 4 atom stereocenters. The van der Waals surface area contributed by atoms with Crippen LogP contribution in [0.25, 0.3) is 0 Å². The fourth-order valence-electron chi connectivity index (χ4n) is 2.98. The Morgan fingerprint density at radius 3 is 1.05 bits per heavy atom. The Morgan fingerprint density at radius 2 is 0.857 bits per heavy atom. The van der Waals surface area contributed by atoms with E-state index in [1.807, 2.05) is 0 Å². The van der Waals surface area contributed by atoms with Gasteiger partial charge in [0.15, 0.2) is 13.0 Å². The first-order valence-electron chi connectivity index (χ1n) is 5.11. The standard InChI is InChI=1S/C9H4Cl8O4/c10-5-1(3(18)19)2(4(20)21)6(11,7(5,12)13)9(16,17)8(5,14)15/h1-2H,(H,18,19)(H,20,21). The summed E-state index contributed by atoms with van der Waals surface area (Å²) in [6.07, 6.45) is 0. The van der Waals surface area contributed by atoms with Gasteiger partial charge in [-0.15, -0.1) is 23.2 Å². The van der Waals surface area contributed by atoms with Crippen molar-refractivity contribution in [3.8, 4) is 0 Å². The van der Waals surface area contributed by atoms with E-state index in [1.54, 1.807) is 0 Å². The van der Waals surface area contributed by atoms with Crippen LogP contribution in [-0.2, 0) is 9.59 Å². The van der Waals surface area contributed by atoms with Crippen LogP contribution in [0.1, 0.15) is 0 Å². The predicted octanol–water partition coefficient (Wildman–Crippen LogP) is 3.89. The van der Waals surface area contributed by atoms with E-state index in [4.69, 9.17) is 92.8 Å². The van der Waals surface area contributed by atoms with Crippen molar-refractivity contribution in [2.45, 2.75) is 22.7 Å². The first kappa shape index (κ1) is 18.6. The summed E-state index contributed by atoms with van der Waals surface area (Å²) < 4.78 is -7.32. The van der Waals surface area contributed by atoms with Gasteiger partial charge in [-0.1, -0.05) is 69.6 Å². The zero-order valence-corrected chi connectivity index (χ0v) is 15.4. The average Bonchev–Trinajstić information content (AvgIpc) is 2.48. The zero-order valence-electron chi connectivity index (χ0n) is 9.39. The highest BCUT2D eigenvalue weighted by Gasteiger charge is 2.98. The molecule has 0 spiro atoms. The van der Waals surface area contributed by atoms with Gasteiger partial charge in [-0.05, 0) is 0 Å². The molecule has 0 saturated heterocycles. The summed E-state index contributed by atoms with van der Waals surface area (Å²) in [6, 6.07) is 0. The smallest absolute Gasteiger partial charge is 0.309 e. The molecule has 0 aliphatic heterocycles. The van der Waals surface area contributed by atoms with Crippen molar-refractivity contribution >= 4 is 105 Å². The van der Waals surface area contributed by atoms with Crippen LogP contribution < -0.4 is 0 Å². The molecule has 0 aromatic rings. The van der Waals surface area contributed by atoms with Crippen LogP contribution in [0.2, 0.25) is 0 Å². The molecule has 2 bridgehead atoms. The van der Waals surface area contributed by atoms with E-state index in [-0.39, 0.29) is 0 Å². The number of carboxylic acids is 2. The van der Waals surface area contributed by atoms with Gasteiger partial charge in [0.05, 0.1) is 11.8 Å². The maximum atomic E-state index is 11.5. The summed E-state index contributed by atoms with van der Waals surface area (Å²) in [5.41, 5.74) is 0. The van der Waals surface area contributed by atoms with Gasteiger partial charge in [-0.3, -0.25) is 9.59 Å². The monoisotopic (exact) mass is 456 g/mol. The SMILES string of the molecule is O=C(O)C1C(C(=O)O)C2(Cl)C(Cl)(Cl)C(Cl)(Cl)C1(Cl)C2(Cl)Cl. The molecular formula is C9H4Cl8O4. The fourth-order valence-corrected chi connectivity index (χ4v) is 7.30. The number of alkyl halides is 8. The van der Waals surface area contributed by atoms with Crippen LogP contribution in [0, 0.1) is 11.8 Å². The zero-order chi connectivity index (χ0) is 16.8. The van der Waals surface area contributed by atoms with Crippen molar-refractivity contribution in [2.75, 3.05) is 0 Å². The van der Waals surface area contributed by atoms with Crippen molar-refractivity contribution in [3.05, 3.63) is 0 Å². The molecule has 0 aromatic heterocycles. The van der Waals surface area contributed by atoms with Crippen molar-refractivity contribution < 1.29 is 19.8 Å². The second kappa shape index (κ2) is 4.66. The van der Waals surface area contributed by atoms with Gasteiger partial charge in [0.1, 0.15) is 9.75 Å². The highest BCUT2D eigenvalue weighted by molar-refractivity contribution is 6.75. The number of aliphatic carboxylic acids is 2. The van der Waals surface area contributed by atoms with Crippen LogP contribution in [0.5, 0.6) is 0 Å². The maximum absolute atomic E-state index is 11.5. The summed E-state index contributed by atoms with van der Waals surface area (Å²) in [6.45, 7) is 0. The maximum Gasteiger partial charge on any atom is 0.309 e. The molecule has 0 amide bonds. The number of hydrogen-bond donors (Lipinski definition) is 2. The van der Waals surface area contributed by atoms with E-state index < -0.39 is 46.5 Å². The number of halogens is 8. The molecule has 2 aliphatic rings. The minimum Gasteiger partial charge on any atom is -0.481 e. The summed E-state index contributed by atoms with van der Waals surface area (Å²) >= 11 is 48.8. The van der Waals surface area contributed by atoms with E-state index >= 15 is 0 Å².